The fourth-order valence-corrected chi connectivity index (χ4v) is 1.56. The van der Waals surface area contributed by atoms with E-state index < -0.39 is 0 Å². The van der Waals surface area contributed by atoms with Gasteiger partial charge < -0.3 is 10.4 Å². The van der Waals surface area contributed by atoms with Crippen molar-refractivity contribution < 1.29 is 5.11 Å². The first-order chi connectivity index (χ1) is 7.24. The molecule has 0 radical (unpaired) electrons. The maximum Gasteiger partial charge on any atom is 0.0587 e. The van der Waals surface area contributed by atoms with Crippen molar-refractivity contribution in [3.05, 3.63) is 35.9 Å². The summed E-state index contributed by atoms with van der Waals surface area (Å²) in [7, 11) is 0. The van der Waals surface area contributed by atoms with Crippen molar-refractivity contribution in [2.75, 3.05) is 13.2 Å². The molecule has 0 fully saturated rings. The van der Waals surface area contributed by atoms with E-state index in [0.717, 1.165) is 13.0 Å². The predicted octanol–water partition coefficient (Wildman–Crippen LogP) is 1.84. The number of rotatable bonds is 6. The molecule has 2 heteroatoms. The zero-order chi connectivity index (χ0) is 11.1. The maximum absolute atomic E-state index is 9.13. The third-order valence-electron chi connectivity index (χ3n) is 2.66. The molecule has 0 aromatic heterocycles. The summed E-state index contributed by atoms with van der Waals surface area (Å²) in [6.07, 6.45) is 1.02. The van der Waals surface area contributed by atoms with Crippen LogP contribution >= 0.6 is 0 Å². The maximum atomic E-state index is 9.13. The van der Waals surface area contributed by atoms with E-state index in [0.29, 0.717) is 5.92 Å². The second-order valence-corrected chi connectivity index (χ2v) is 4.22. The molecule has 0 aliphatic heterocycles. The van der Waals surface area contributed by atoms with Gasteiger partial charge in [0.2, 0.25) is 0 Å². The third kappa shape index (κ3) is 4.45. The lowest BCUT2D eigenvalue weighted by Crippen LogP contribution is -2.38. The van der Waals surface area contributed by atoms with E-state index >= 15 is 0 Å². The molecule has 0 bridgehead atoms. The number of nitrogens with one attached hydrogen (secondary N) is 1. The second-order valence-electron chi connectivity index (χ2n) is 4.22. The lowest BCUT2D eigenvalue weighted by Gasteiger charge is -2.19. The molecule has 0 amide bonds. The minimum Gasteiger partial charge on any atom is -0.395 e. The summed E-state index contributed by atoms with van der Waals surface area (Å²) in [5, 5.41) is 12.5. The topological polar surface area (TPSA) is 32.3 Å². The molecule has 0 aliphatic carbocycles. The van der Waals surface area contributed by atoms with Crippen LogP contribution in [0.4, 0.5) is 0 Å². The number of hydrogen-bond donors (Lipinski definition) is 2. The van der Waals surface area contributed by atoms with Gasteiger partial charge in [0.05, 0.1) is 6.61 Å². The van der Waals surface area contributed by atoms with E-state index in [1.807, 2.05) is 6.07 Å². The zero-order valence-electron chi connectivity index (χ0n) is 9.61. The van der Waals surface area contributed by atoms with Crippen molar-refractivity contribution in [2.24, 2.45) is 5.92 Å². The molecule has 1 aromatic rings. The third-order valence-corrected chi connectivity index (χ3v) is 2.66. The zero-order valence-corrected chi connectivity index (χ0v) is 9.61. The molecule has 0 unspecified atom stereocenters. The van der Waals surface area contributed by atoms with Crippen LogP contribution in [0.3, 0.4) is 0 Å². The number of aliphatic hydroxyl groups excluding tert-OH is 1. The van der Waals surface area contributed by atoms with Crippen molar-refractivity contribution in [1.29, 1.82) is 0 Å². The van der Waals surface area contributed by atoms with Crippen LogP contribution in [0.15, 0.2) is 30.3 Å². The van der Waals surface area contributed by atoms with Gasteiger partial charge in [-0.2, -0.15) is 0 Å². The van der Waals surface area contributed by atoms with E-state index in [-0.39, 0.29) is 12.6 Å². The second kappa shape index (κ2) is 6.59. The van der Waals surface area contributed by atoms with E-state index in [2.05, 4.69) is 43.4 Å². The number of hydrogen-bond acceptors (Lipinski definition) is 2. The average Bonchev–Trinajstić information content (AvgIpc) is 2.25. The molecule has 0 aliphatic rings. The minimum absolute atomic E-state index is 0.215. The molecule has 2 N–H and O–H groups in total. The number of benzene rings is 1. The number of aliphatic hydroxyl groups is 1. The Balaban J connectivity index is 2.27. The van der Waals surface area contributed by atoms with Gasteiger partial charge in [-0.15, -0.1) is 0 Å². The average molecular weight is 207 g/mol. The summed E-state index contributed by atoms with van der Waals surface area (Å²) >= 11 is 0. The molecule has 84 valence electrons. The fourth-order valence-electron chi connectivity index (χ4n) is 1.56. The first kappa shape index (κ1) is 12.2. The van der Waals surface area contributed by atoms with Crippen LogP contribution in [0.2, 0.25) is 0 Å². The monoisotopic (exact) mass is 207 g/mol. The summed E-state index contributed by atoms with van der Waals surface area (Å²) in [6.45, 7) is 5.38. The van der Waals surface area contributed by atoms with Gasteiger partial charge in [0.1, 0.15) is 0 Å². The highest BCUT2D eigenvalue weighted by atomic mass is 16.3. The van der Waals surface area contributed by atoms with Crippen molar-refractivity contribution in [3.8, 4) is 0 Å². The van der Waals surface area contributed by atoms with E-state index in [4.69, 9.17) is 5.11 Å². The van der Waals surface area contributed by atoms with Crippen LogP contribution in [0.5, 0.6) is 0 Å². The molecule has 0 heterocycles. The molecule has 0 spiro atoms. The Morgan fingerprint density at radius 2 is 1.87 bits per heavy atom. The van der Waals surface area contributed by atoms with Crippen LogP contribution in [0.1, 0.15) is 19.4 Å². The van der Waals surface area contributed by atoms with Crippen LogP contribution in [0.25, 0.3) is 0 Å². The highest BCUT2D eigenvalue weighted by Gasteiger charge is 2.10. The van der Waals surface area contributed by atoms with Gasteiger partial charge in [0.15, 0.2) is 0 Å². The molecule has 1 rings (SSSR count). The van der Waals surface area contributed by atoms with Crippen LogP contribution in [0, 0.1) is 5.92 Å². The van der Waals surface area contributed by atoms with Crippen LogP contribution in [-0.4, -0.2) is 24.3 Å². The molecule has 1 atom stereocenters. The molecular formula is C13H21NO. The summed E-state index contributed by atoms with van der Waals surface area (Å²) in [6, 6.07) is 10.6. The minimum atomic E-state index is 0.215. The Hall–Kier alpha value is -0.860. The molecule has 2 nitrogen and oxygen atoms in total. The highest BCUT2D eigenvalue weighted by Crippen LogP contribution is 2.02. The van der Waals surface area contributed by atoms with Crippen molar-refractivity contribution in [3.63, 3.8) is 0 Å². The molecule has 0 saturated heterocycles. The Morgan fingerprint density at radius 3 is 2.40 bits per heavy atom. The highest BCUT2D eigenvalue weighted by molar-refractivity contribution is 5.14. The Kier molecular flexibility index (Phi) is 5.37. The fraction of sp³-hybridized carbons (Fsp3) is 0.538. The van der Waals surface area contributed by atoms with E-state index in [9.17, 15) is 0 Å². The van der Waals surface area contributed by atoms with Gasteiger partial charge in [-0.05, 0) is 24.4 Å². The summed E-state index contributed by atoms with van der Waals surface area (Å²) in [5.74, 6) is 0.478. The predicted molar refractivity (Wildman–Crippen MR) is 63.9 cm³/mol. The largest absolute Gasteiger partial charge is 0.395 e. The van der Waals surface area contributed by atoms with Gasteiger partial charge in [-0.1, -0.05) is 44.2 Å². The van der Waals surface area contributed by atoms with Gasteiger partial charge in [0.25, 0.3) is 0 Å². The lowest BCUT2D eigenvalue weighted by atomic mass is 10.1. The lowest BCUT2D eigenvalue weighted by molar-refractivity contribution is 0.212. The van der Waals surface area contributed by atoms with E-state index in [1.54, 1.807) is 0 Å². The summed E-state index contributed by atoms with van der Waals surface area (Å²) in [4.78, 5) is 0. The molecular weight excluding hydrogens is 186 g/mol. The van der Waals surface area contributed by atoms with Crippen molar-refractivity contribution >= 4 is 0 Å². The Morgan fingerprint density at radius 1 is 1.20 bits per heavy atom. The Labute approximate surface area is 92.3 Å². The SMILES string of the molecule is CC(C)[C@@H](CO)NCCc1ccccc1. The van der Waals surface area contributed by atoms with Crippen molar-refractivity contribution in [1.82, 2.24) is 5.32 Å². The molecule has 0 saturated carbocycles. The van der Waals surface area contributed by atoms with Gasteiger partial charge in [-0.25, -0.2) is 0 Å². The van der Waals surface area contributed by atoms with Crippen molar-refractivity contribution in [2.45, 2.75) is 26.3 Å². The van der Waals surface area contributed by atoms with Gasteiger partial charge >= 0.3 is 0 Å². The first-order valence-electron chi connectivity index (χ1n) is 5.62. The van der Waals surface area contributed by atoms with E-state index in [1.165, 1.54) is 5.56 Å². The standard InChI is InChI=1S/C13H21NO/c1-11(2)13(10-15)14-9-8-12-6-4-3-5-7-12/h3-7,11,13-15H,8-10H2,1-2H3/t13-/m1/s1. The van der Waals surface area contributed by atoms with Gasteiger partial charge in [-0.3, -0.25) is 0 Å². The first-order valence-corrected chi connectivity index (χ1v) is 5.62. The van der Waals surface area contributed by atoms with Crippen LogP contribution < -0.4 is 5.32 Å². The quantitative estimate of drug-likeness (QED) is 0.746. The van der Waals surface area contributed by atoms with Gasteiger partial charge in [0, 0.05) is 6.04 Å². The molecule has 1 aromatic carbocycles. The normalized spacial score (nSPS) is 13.1. The summed E-state index contributed by atoms with van der Waals surface area (Å²) in [5.41, 5.74) is 1.34. The summed E-state index contributed by atoms with van der Waals surface area (Å²) < 4.78 is 0. The molecule has 15 heavy (non-hydrogen) atoms. The smallest absolute Gasteiger partial charge is 0.0587 e. The Bertz CT molecular complexity index is 258. The van der Waals surface area contributed by atoms with Crippen LogP contribution in [-0.2, 0) is 6.42 Å².